The maximum atomic E-state index is 12.3. The van der Waals surface area contributed by atoms with Crippen LogP contribution in [-0.2, 0) is 10.0 Å². The van der Waals surface area contributed by atoms with E-state index in [0.717, 1.165) is 17.7 Å². The number of nitrogens with two attached hydrogens (primary N) is 1. The van der Waals surface area contributed by atoms with E-state index in [9.17, 15) is 22.8 Å². The van der Waals surface area contributed by atoms with Gasteiger partial charge in [0, 0.05) is 5.56 Å². The number of amides is 3. The molecule has 0 unspecified atom stereocenters. The third-order valence-electron chi connectivity index (χ3n) is 3.70. The predicted molar refractivity (Wildman–Crippen MR) is 87.0 cm³/mol. The smallest absolute Gasteiger partial charge is 0.267 e. The van der Waals surface area contributed by atoms with E-state index in [2.05, 4.69) is 5.43 Å². The lowest BCUT2D eigenvalue weighted by Crippen LogP contribution is -2.45. The summed E-state index contributed by atoms with van der Waals surface area (Å²) in [6, 6.07) is 9.59. The molecule has 0 saturated heterocycles. The van der Waals surface area contributed by atoms with Crippen LogP contribution in [0.25, 0.3) is 0 Å². The Hall–Kier alpha value is -3.04. The molecule has 0 atom stereocenters. The minimum absolute atomic E-state index is 0.0696. The summed E-state index contributed by atoms with van der Waals surface area (Å²) in [6.07, 6.45) is 0. The molecule has 2 aromatic carbocycles. The van der Waals surface area contributed by atoms with E-state index in [1.165, 1.54) is 18.2 Å². The second-order valence-corrected chi connectivity index (χ2v) is 7.07. The van der Waals surface area contributed by atoms with Gasteiger partial charge in [0.05, 0.1) is 16.0 Å². The number of aryl methyl sites for hydroxylation is 1. The topological polar surface area (TPSA) is 127 Å². The van der Waals surface area contributed by atoms with Crippen molar-refractivity contribution in [1.29, 1.82) is 0 Å². The molecule has 0 saturated carbocycles. The first kappa shape index (κ1) is 16.8. The van der Waals surface area contributed by atoms with Gasteiger partial charge in [-0.2, -0.15) is 5.01 Å². The molecule has 2 aromatic rings. The normalized spacial score (nSPS) is 13.8. The Bertz CT molecular complexity index is 1010. The van der Waals surface area contributed by atoms with Crippen molar-refractivity contribution in [2.24, 2.45) is 5.14 Å². The Morgan fingerprint density at radius 3 is 2.20 bits per heavy atom. The molecule has 1 aliphatic rings. The number of rotatable bonds is 3. The van der Waals surface area contributed by atoms with Crippen LogP contribution in [0, 0.1) is 6.92 Å². The standard InChI is InChI=1S/C16H13N3O5S/c1-9-2-7-12-13(8-9)16(22)19(15(12)21)18-14(20)10-3-5-11(6-4-10)25(17,23)24/h2-8H,1H3,(H,18,20)(H2,17,23,24). The molecule has 8 nitrogen and oxygen atoms in total. The van der Waals surface area contributed by atoms with Crippen LogP contribution >= 0.6 is 0 Å². The van der Waals surface area contributed by atoms with Crippen LogP contribution in [0.2, 0.25) is 0 Å². The number of carbonyl (C=O) groups is 3. The maximum absolute atomic E-state index is 12.3. The molecule has 0 radical (unpaired) electrons. The molecule has 3 rings (SSSR count). The van der Waals surface area contributed by atoms with E-state index in [4.69, 9.17) is 5.14 Å². The van der Waals surface area contributed by atoms with Crippen molar-refractivity contribution in [1.82, 2.24) is 10.4 Å². The van der Waals surface area contributed by atoms with E-state index in [1.54, 1.807) is 19.1 Å². The molecule has 128 valence electrons. The Morgan fingerprint density at radius 1 is 1.00 bits per heavy atom. The number of primary sulfonamides is 1. The first-order valence-electron chi connectivity index (χ1n) is 7.12. The molecular weight excluding hydrogens is 346 g/mol. The summed E-state index contributed by atoms with van der Waals surface area (Å²) in [7, 11) is -3.88. The minimum Gasteiger partial charge on any atom is -0.267 e. The monoisotopic (exact) mass is 359 g/mol. The number of sulfonamides is 1. The SMILES string of the molecule is Cc1ccc2c(c1)C(=O)N(NC(=O)c1ccc(S(N)(=O)=O)cc1)C2=O. The van der Waals surface area contributed by atoms with Gasteiger partial charge in [-0.15, -0.1) is 0 Å². The highest BCUT2D eigenvalue weighted by Gasteiger charge is 2.37. The van der Waals surface area contributed by atoms with E-state index < -0.39 is 27.7 Å². The number of hydrogen-bond acceptors (Lipinski definition) is 5. The maximum Gasteiger partial charge on any atom is 0.280 e. The number of fused-ring (bicyclic) bond motifs is 1. The van der Waals surface area contributed by atoms with E-state index in [0.29, 0.717) is 5.01 Å². The summed E-state index contributed by atoms with van der Waals surface area (Å²) in [5.74, 6) is -1.99. The van der Waals surface area contributed by atoms with E-state index >= 15 is 0 Å². The van der Waals surface area contributed by atoms with Crippen LogP contribution in [-0.4, -0.2) is 31.1 Å². The van der Waals surface area contributed by atoms with Crippen molar-refractivity contribution in [2.75, 3.05) is 0 Å². The first-order chi connectivity index (χ1) is 11.7. The molecule has 0 aromatic heterocycles. The quantitative estimate of drug-likeness (QED) is 0.775. The largest absolute Gasteiger partial charge is 0.280 e. The molecule has 9 heteroatoms. The Kier molecular flexibility index (Phi) is 3.90. The number of hydrazine groups is 1. The first-order valence-corrected chi connectivity index (χ1v) is 8.66. The van der Waals surface area contributed by atoms with Crippen molar-refractivity contribution in [3.8, 4) is 0 Å². The number of nitrogens with zero attached hydrogens (tertiary/aromatic N) is 1. The van der Waals surface area contributed by atoms with Gasteiger partial charge < -0.3 is 0 Å². The Balaban J connectivity index is 1.82. The number of benzene rings is 2. The highest BCUT2D eigenvalue weighted by Crippen LogP contribution is 2.22. The van der Waals surface area contributed by atoms with E-state index in [-0.39, 0.29) is 21.6 Å². The fourth-order valence-electron chi connectivity index (χ4n) is 2.42. The molecular formula is C16H13N3O5S. The van der Waals surface area contributed by atoms with E-state index in [1.807, 2.05) is 0 Å². The molecule has 1 heterocycles. The fourth-order valence-corrected chi connectivity index (χ4v) is 2.93. The zero-order valence-corrected chi connectivity index (χ0v) is 13.8. The summed E-state index contributed by atoms with van der Waals surface area (Å²) in [5, 5.41) is 5.63. The molecule has 0 fully saturated rings. The van der Waals surface area contributed by atoms with Crippen LogP contribution < -0.4 is 10.6 Å². The molecule has 1 aliphatic heterocycles. The van der Waals surface area contributed by atoms with Crippen LogP contribution in [0.3, 0.4) is 0 Å². The summed E-state index contributed by atoms with van der Waals surface area (Å²) >= 11 is 0. The number of carbonyl (C=O) groups excluding carboxylic acids is 3. The Morgan fingerprint density at radius 2 is 1.60 bits per heavy atom. The van der Waals surface area contributed by atoms with Crippen LogP contribution in [0.4, 0.5) is 0 Å². The van der Waals surface area contributed by atoms with Gasteiger partial charge in [0.15, 0.2) is 0 Å². The third kappa shape index (κ3) is 3.02. The zero-order valence-electron chi connectivity index (χ0n) is 13.0. The average molecular weight is 359 g/mol. The lowest BCUT2D eigenvalue weighted by atomic mass is 10.1. The summed E-state index contributed by atoms with van der Waals surface area (Å²) in [4.78, 5) is 36.7. The summed E-state index contributed by atoms with van der Waals surface area (Å²) in [5.41, 5.74) is 3.54. The zero-order chi connectivity index (χ0) is 18.4. The van der Waals surface area contributed by atoms with Gasteiger partial charge in [-0.1, -0.05) is 11.6 Å². The second-order valence-electron chi connectivity index (χ2n) is 5.51. The fraction of sp³-hybridized carbons (Fsp3) is 0.0625. The molecule has 0 bridgehead atoms. The highest BCUT2D eigenvalue weighted by molar-refractivity contribution is 7.89. The molecule has 3 amide bonds. The van der Waals surface area contributed by atoms with Crippen molar-refractivity contribution < 1.29 is 22.8 Å². The second kappa shape index (κ2) is 5.80. The highest BCUT2D eigenvalue weighted by atomic mass is 32.2. The predicted octanol–water partition coefficient (Wildman–Crippen LogP) is 0.583. The lowest BCUT2D eigenvalue weighted by molar-refractivity contribution is 0.0518. The van der Waals surface area contributed by atoms with Gasteiger partial charge in [0.2, 0.25) is 10.0 Å². The number of nitrogens with one attached hydrogen (secondary N) is 1. The molecule has 0 spiro atoms. The van der Waals surface area contributed by atoms with Gasteiger partial charge in [-0.05, 0) is 43.3 Å². The van der Waals surface area contributed by atoms with Crippen LogP contribution in [0.5, 0.6) is 0 Å². The van der Waals surface area contributed by atoms with Crippen molar-refractivity contribution in [3.05, 3.63) is 64.7 Å². The lowest BCUT2D eigenvalue weighted by Gasteiger charge is -2.15. The van der Waals surface area contributed by atoms with Crippen molar-refractivity contribution >= 4 is 27.7 Å². The summed E-state index contributed by atoms with van der Waals surface area (Å²) < 4.78 is 22.4. The van der Waals surface area contributed by atoms with Crippen molar-refractivity contribution in [3.63, 3.8) is 0 Å². The number of hydrogen-bond donors (Lipinski definition) is 2. The van der Waals surface area contributed by atoms with Crippen molar-refractivity contribution in [2.45, 2.75) is 11.8 Å². The molecule has 0 aliphatic carbocycles. The Labute approximate surface area is 143 Å². The van der Waals surface area contributed by atoms with Gasteiger partial charge in [0.25, 0.3) is 17.7 Å². The average Bonchev–Trinajstić information content (AvgIpc) is 2.78. The number of imide groups is 1. The third-order valence-corrected chi connectivity index (χ3v) is 4.63. The molecule has 3 N–H and O–H groups in total. The molecule has 25 heavy (non-hydrogen) atoms. The van der Waals surface area contributed by atoms with Gasteiger partial charge >= 0.3 is 0 Å². The summed E-state index contributed by atoms with van der Waals surface area (Å²) in [6.45, 7) is 1.78. The van der Waals surface area contributed by atoms with Crippen LogP contribution in [0.1, 0.15) is 36.6 Å². The van der Waals surface area contributed by atoms with Crippen LogP contribution in [0.15, 0.2) is 47.4 Å². The van der Waals surface area contributed by atoms with Gasteiger partial charge in [-0.3, -0.25) is 19.8 Å². The van der Waals surface area contributed by atoms with Gasteiger partial charge in [0.1, 0.15) is 0 Å². The van der Waals surface area contributed by atoms with Gasteiger partial charge in [-0.25, -0.2) is 13.6 Å². The minimum atomic E-state index is -3.88.